The Bertz CT molecular complexity index is 176. The van der Waals surface area contributed by atoms with Gasteiger partial charge < -0.3 is 15.4 Å². The quantitative estimate of drug-likeness (QED) is 0.388. The van der Waals surface area contributed by atoms with E-state index in [1.54, 1.807) is 7.11 Å². The van der Waals surface area contributed by atoms with E-state index >= 15 is 0 Å². The van der Waals surface area contributed by atoms with Gasteiger partial charge in [-0.2, -0.15) is 0 Å². The van der Waals surface area contributed by atoms with Gasteiger partial charge in [-0.25, -0.2) is 0 Å². The van der Waals surface area contributed by atoms with Gasteiger partial charge in [0.05, 0.1) is 5.84 Å². The molecule has 4 heteroatoms. The molecule has 1 fully saturated rings. The molecule has 0 radical (unpaired) electrons. The van der Waals surface area contributed by atoms with E-state index in [1.807, 2.05) is 0 Å². The van der Waals surface area contributed by atoms with Gasteiger partial charge in [0.1, 0.15) is 0 Å². The van der Waals surface area contributed by atoms with Crippen molar-refractivity contribution >= 4 is 5.84 Å². The molecular formula is C10H21N3O. The van der Waals surface area contributed by atoms with Crippen LogP contribution in [-0.4, -0.2) is 44.1 Å². The molecule has 1 aliphatic rings. The van der Waals surface area contributed by atoms with Gasteiger partial charge in [-0.1, -0.05) is 0 Å². The monoisotopic (exact) mass is 199 g/mol. The van der Waals surface area contributed by atoms with Crippen molar-refractivity contribution in [1.29, 1.82) is 5.41 Å². The predicted molar refractivity (Wildman–Crippen MR) is 57.6 cm³/mol. The summed E-state index contributed by atoms with van der Waals surface area (Å²) in [5.41, 5.74) is 5.48. The number of hydrogen-bond acceptors (Lipinski definition) is 3. The zero-order valence-corrected chi connectivity index (χ0v) is 8.96. The van der Waals surface area contributed by atoms with E-state index in [9.17, 15) is 0 Å². The van der Waals surface area contributed by atoms with E-state index in [2.05, 4.69) is 4.90 Å². The average molecular weight is 199 g/mol. The maximum atomic E-state index is 7.36. The van der Waals surface area contributed by atoms with E-state index in [0.29, 0.717) is 11.8 Å². The maximum Gasteiger partial charge on any atom is 0.0937 e. The third-order valence-electron chi connectivity index (χ3n) is 2.85. The summed E-state index contributed by atoms with van der Waals surface area (Å²) in [5.74, 6) is 0.690. The first-order valence-corrected chi connectivity index (χ1v) is 5.29. The zero-order valence-electron chi connectivity index (χ0n) is 8.96. The first-order valence-electron chi connectivity index (χ1n) is 5.29. The minimum Gasteiger partial charge on any atom is -0.387 e. The van der Waals surface area contributed by atoms with Gasteiger partial charge in [0, 0.05) is 26.2 Å². The number of nitrogens with one attached hydrogen (secondary N) is 1. The molecule has 0 atom stereocenters. The fraction of sp³-hybridized carbons (Fsp3) is 0.900. The molecular weight excluding hydrogens is 178 g/mol. The summed E-state index contributed by atoms with van der Waals surface area (Å²) < 4.78 is 5.01. The number of nitrogens with two attached hydrogens (primary N) is 1. The highest BCUT2D eigenvalue weighted by molar-refractivity contribution is 5.79. The molecule has 14 heavy (non-hydrogen) atoms. The summed E-state index contributed by atoms with van der Waals surface area (Å²) in [7, 11) is 1.74. The highest BCUT2D eigenvalue weighted by Gasteiger charge is 2.20. The molecule has 0 aliphatic carbocycles. The minimum absolute atomic E-state index is 0.327. The van der Waals surface area contributed by atoms with E-state index in [-0.39, 0.29) is 0 Å². The lowest BCUT2D eigenvalue weighted by atomic mass is 9.96. The van der Waals surface area contributed by atoms with Crippen LogP contribution < -0.4 is 5.73 Å². The second kappa shape index (κ2) is 5.98. The molecule has 4 nitrogen and oxygen atoms in total. The second-order valence-electron chi connectivity index (χ2n) is 3.92. The van der Waals surface area contributed by atoms with Crippen molar-refractivity contribution < 1.29 is 4.74 Å². The molecule has 1 heterocycles. The Balaban J connectivity index is 2.12. The molecule has 0 spiro atoms. The highest BCUT2D eigenvalue weighted by atomic mass is 16.5. The van der Waals surface area contributed by atoms with Crippen LogP contribution in [0.3, 0.4) is 0 Å². The summed E-state index contributed by atoms with van der Waals surface area (Å²) >= 11 is 0. The lowest BCUT2D eigenvalue weighted by molar-refractivity contribution is 0.156. The Morgan fingerprint density at radius 1 is 1.50 bits per heavy atom. The Kier molecular flexibility index (Phi) is 4.90. The standard InChI is InChI=1S/C10H21N3O/c1-14-8-2-5-13-6-3-9(4-7-13)10(11)12/h9H,2-8H2,1H3,(H3,11,12). The molecule has 0 unspecified atom stereocenters. The number of amidine groups is 1. The molecule has 0 bridgehead atoms. The number of ether oxygens (including phenoxy) is 1. The molecule has 0 aromatic heterocycles. The Hall–Kier alpha value is -0.610. The van der Waals surface area contributed by atoms with E-state index < -0.39 is 0 Å². The number of rotatable bonds is 5. The number of likely N-dealkylation sites (tertiary alicyclic amines) is 1. The van der Waals surface area contributed by atoms with Gasteiger partial charge >= 0.3 is 0 Å². The fourth-order valence-electron chi connectivity index (χ4n) is 1.90. The largest absolute Gasteiger partial charge is 0.387 e. The third kappa shape index (κ3) is 3.64. The van der Waals surface area contributed by atoms with Crippen molar-refractivity contribution in [2.75, 3.05) is 33.4 Å². The lowest BCUT2D eigenvalue weighted by Crippen LogP contribution is -2.38. The van der Waals surface area contributed by atoms with Crippen molar-refractivity contribution in [2.45, 2.75) is 19.3 Å². The van der Waals surface area contributed by atoms with Crippen LogP contribution in [0.15, 0.2) is 0 Å². The maximum absolute atomic E-state index is 7.36. The summed E-state index contributed by atoms with van der Waals surface area (Å²) in [6.07, 6.45) is 3.19. The summed E-state index contributed by atoms with van der Waals surface area (Å²) in [6, 6.07) is 0. The Labute approximate surface area is 85.9 Å². The number of piperidine rings is 1. The van der Waals surface area contributed by atoms with Gasteiger partial charge in [0.2, 0.25) is 0 Å². The molecule has 0 aromatic carbocycles. The van der Waals surface area contributed by atoms with Crippen molar-refractivity contribution in [3.8, 4) is 0 Å². The topological polar surface area (TPSA) is 62.3 Å². The number of methoxy groups -OCH3 is 1. The SMILES string of the molecule is COCCCN1CCC(C(=N)N)CC1. The van der Waals surface area contributed by atoms with Crippen LogP contribution in [0.25, 0.3) is 0 Å². The summed E-state index contributed by atoms with van der Waals surface area (Å²) in [6.45, 7) is 4.10. The summed E-state index contributed by atoms with van der Waals surface area (Å²) in [5, 5.41) is 7.36. The van der Waals surface area contributed by atoms with Gasteiger partial charge in [-0.15, -0.1) is 0 Å². The summed E-state index contributed by atoms with van der Waals surface area (Å²) in [4.78, 5) is 2.43. The van der Waals surface area contributed by atoms with Crippen LogP contribution in [0.1, 0.15) is 19.3 Å². The van der Waals surface area contributed by atoms with Crippen LogP contribution in [0.4, 0.5) is 0 Å². The zero-order chi connectivity index (χ0) is 10.4. The fourth-order valence-corrected chi connectivity index (χ4v) is 1.90. The van der Waals surface area contributed by atoms with Crippen molar-refractivity contribution in [2.24, 2.45) is 11.7 Å². The lowest BCUT2D eigenvalue weighted by Gasteiger charge is -2.31. The van der Waals surface area contributed by atoms with Crippen molar-refractivity contribution in [3.63, 3.8) is 0 Å². The average Bonchev–Trinajstić information content (AvgIpc) is 2.19. The van der Waals surface area contributed by atoms with Crippen LogP contribution in [0.2, 0.25) is 0 Å². The van der Waals surface area contributed by atoms with E-state index in [1.165, 1.54) is 0 Å². The van der Waals surface area contributed by atoms with Gasteiger partial charge in [0.25, 0.3) is 0 Å². The Morgan fingerprint density at radius 3 is 2.64 bits per heavy atom. The van der Waals surface area contributed by atoms with E-state index in [4.69, 9.17) is 15.9 Å². The van der Waals surface area contributed by atoms with E-state index in [0.717, 1.165) is 45.5 Å². The van der Waals surface area contributed by atoms with Crippen LogP contribution in [0, 0.1) is 11.3 Å². The molecule has 1 aliphatic heterocycles. The van der Waals surface area contributed by atoms with Crippen molar-refractivity contribution in [3.05, 3.63) is 0 Å². The second-order valence-corrected chi connectivity index (χ2v) is 3.92. The number of nitrogens with zero attached hydrogens (tertiary/aromatic N) is 1. The van der Waals surface area contributed by atoms with Crippen LogP contribution in [-0.2, 0) is 4.74 Å². The molecule has 3 N–H and O–H groups in total. The molecule has 82 valence electrons. The van der Waals surface area contributed by atoms with Gasteiger partial charge in [0.15, 0.2) is 0 Å². The smallest absolute Gasteiger partial charge is 0.0937 e. The highest BCUT2D eigenvalue weighted by Crippen LogP contribution is 2.16. The van der Waals surface area contributed by atoms with Gasteiger partial charge in [-0.3, -0.25) is 5.41 Å². The first-order chi connectivity index (χ1) is 6.74. The number of hydrogen-bond donors (Lipinski definition) is 2. The van der Waals surface area contributed by atoms with Gasteiger partial charge in [-0.05, 0) is 32.4 Å². The molecule has 0 amide bonds. The molecule has 1 rings (SSSR count). The molecule has 0 aromatic rings. The molecule has 1 saturated heterocycles. The predicted octanol–water partition coefficient (Wildman–Crippen LogP) is 0.671. The minimum atomic E-state index is 0.327. The Morgan fingerprint density at radius 2 is 2.14 bits per heavy atom. The first kappa shape index (κ1) is 11.5. The third-order valence-corrected chi connectivity index (χ3v) is 2.85. The van der Waals surface area contributed by atoms with Crippen LogP contribution in [0.5, 0.6) is 0 Å². The normalized spacial score (nSPS) is 19.8. The molecule has 0 saturated carbocycles. The van der Waals surface area contributed by atoms with Crippen LogP contribution >= 0.6 is 0 Å². The van der Waals surface area contributed by atoms with Crippen molar-refractivity contribution in [1.82, 2.24) is 4.90 Å².